The van der Waals surface area contributed by atoms with Crippen molar-refractivity contribution in [2.75, 3.05) is 39.6 Å². The van der Waals surface area contributed by atoms with Gasteiger partial charge in [-0.3, -0.25) is 9.36 Å². The minimum absolute atomic E-state index is 0.0807. The van der Waals surface area contributed by atoms with Gasteiger partial charge >= 0.3 is 24.9 Å². The van der Waals surface area contributed by atoms with Gasteiger partial charge in [-0.25, -0.2) is 14.6 Å². The maximum Gasteiger partial charge on any atom is 0.378 e. The molecule has 0 amide bonds. The molecule has 0 aromatic rings. The maximum absolute atomic E-state index is 13.7. The summed E-state index contributed by atoms with van der Waals surface area (Å²) in [5, 5.41) is 6.44. The predicted octanol–water partition coefficient (Wildman–Crippen LogP) is 1.61. The third-order valence-electron chi connectivity index (χ3n) is 3.91. The third kappa shape index (κ3) is 4.52. The maximum atomic E-state index is 13.7. The fourth-order valence-corrected chi connectivity index (χ4v) is 5.11. The molecule has 157 valence electrons. The van der Waals surface area contributed by atoms with Gasteiger partial charge in [0, 0.05) is 0 Å². The quantitative estimate of drug-likeness (QED) is 0.148. The molecule has 0 aliphatic heterocycles. The van der Waals surface area contributed by atoms with Gasteiger partial charge in [-0.2, -0.15) is 0 Å². The van der Waals surface area contributed by atoms with Crippen molar-refractivity contribution < 1.29 is 47.6 Å². The Balaban J connectivity index is 3.60. The van der Waals surface area contributed by atoms with Crippen LogP contribution in [0, 0.1) is 12.3 Å². The number of hydrogen-bond donors (Lipinski definition) is 1. The molecular weight excluding hydrogens is 383 g/mol. The van der Waals surface area contributed by atoms with Gasteiger partial charge < -0.3 is 23.6 Å². The number of rotatable bonds is 14. The highest BCUT2D eigenvalue weighted by molar-refractivity contribution is 7.56. The number of hydrogen-bond acceptors (Lipinski definition) is 10. The van der Waals surface area contributed by atoms with Gasteiger partial charge in [0.25, 0.3) is 0 Å². The minimum atomic E-state index is -4.45. The molecule has 11 heteroatoms. The van der Waals surface area contributed by atoms with Gasteiger partial charge in [0.05, 0.1) is 33.0 Å². The Morgan fingerprint density at radius 2 is 1.70 bits per heavy atom. The predicted molar refractivity (Wildman–Crippen MR) is 92.3 cm³/mol. The Labute approximate surface area is 158 Å². The summed E-state index contributed by atoms with van der Waals surface area (Å²) in [6.07, 6.45) is 0.217. The monoisotopic (exact) mass is 411 g/mol. The lowest BCUT2D eigenvalue weighted by molar-refractivity contribution is -0.350. The third-order valence-corrected chi connectivity index (χ3v) is 6.57. The lowest BCUT2D eigenvalue weighted by Gasteiger charge is -2.39. The van der Waals surface area contributed by atoms with Crippen LogP contribution >= 0.6 is 7.60 Å². The second-order valence-electron chi connectivity index (χ2n) is 5.54. The number of esters is 2. The molecule has 1 N–H and O–H groups in total. The number of aliphatic hydroxyl groups is 1. The second-order valence-corrected chi connectivity index (χ2v) is 7.69. The number of ether oxygens (including phenoxy) is 2. The van der Waals surface area contributed by atoms with Crippen molar-refractivity contribution in [3.8, 4) is 0 Å². The van der Waals surface area contributed by atoms with Gasteiger partial charge in [-0.05, 0) is 40.5 Å². The average Bonchev–Trinajstić information content (AvgIpc) is 3.41. The highest BCUT2D eigenvalue weighted by Crippen LogP contribution is 2.74. The summed E-state index contributed by atoms with van der Waals surface area (Å²) in [7, 11) is -4.45. The van der Waals surface area contributed by atoms with Crippen LogP contribution in [0.25, 0.3) is 0 Å². The SMILES string of the molecule is [CH2]COC(=O)C1(C(OOCCO)(C(=O)OCC)P(=O)(OCC)OCC)CC1. The van der Waals surface area contributed by atoms with E-state index in [1.165, 1.54) is 6.92 Å². The van der Waals surface area contributed by atoms with Crippen LogP contribution in [0.3, 0.4) is 0 Å². The molecule has 1 rings (SSSR count). The molecule has 10 nitrogen and oxygen atoms in total. The average molecular weight is 411 g/mol. The second kappa shape index (κ2) is 10.5. The molecule has 1 aliphatic rings. The summed E-state index contributed by atoms with van der Waals surface area (Å²) in [5.41, 5.74) is -1.69. The molecule has 1 radical (unpaired) electrons. The zero-order valence-corrected chi connectivity index (χ0v) is 16.8. The molecule has 0 spiro atoms. The smallest absolute Gasteiger partial charge is 0.378 e. The molecule has 1 saturated carbocycles. The van der Waals surface area contributed by atoms with Crippen LogP contribution in [-0.4, -0.2) is 62.0 Å². The summed E-state index contributed by atoms with van der Waals surface area (Å²) in [5.74, 6) is -1.98. The number of aliphatic hydroxyl groups excluding tert-OH is 1. The van der Waals surface area contributed by atoms with Gasteiger partial charge in [0.1, 0.15) is 12.0 Å². The van der Waals surface area contributed by atoms with E-state index in [4.69, 9.17) is 33.4 Å². The molecule has 1 unspecified atom stereocenters. The summed E-state index contributed by atoms with van der Waals surface area (Å²) in [6, 6.07) is 0. The Kier molecular flexibility index (Phi) is 9.33. The van der Waals surface area contributed by atoms with Crippen LogP contribution in [0.2, 0.25) is 0 Å². The van der Waals surface area contributed by atoms with Crippen molar-refractivity contribution in [1.29, 1.82) is 0 Å². The first-order chi connectivity index (χ1) is 12.9. The Morgan fingerprint density at radius 3 is 2.11 bits per heavy atom. The van der Waals surface area contributed by atoms with Crippen LogP contribution in [-0.2, 0) is 42.5 Å². The highest BCUT2D eigenvalue weighted by atomic mass is 31.2. The van der Waals surface area contributed by atoms with E-state index in [0.717, 1.165) is 0 Å². The molecule has 0 saturated heterocycles. The van der Waals surface area contributed by atoms with E-state index in [1.807, 2.05) is 0 Å². The van der Waals surface area contributed by atoms with Crippen molar-refractivity contribution >= 4 is 19.5 Å². The molecule has 0 bridgehead atoms. The van der Waals surface area contributed by atoms with E-state index in [-0.39, 0.29) is 45.9 Å². The van der Waals surface area contributed by atoms with Gasteiger partial charge in [-0.15, -0.1) is 0 Å². The van der Waals surface area contributed by atoms with E-state index in [9.17, 15) is 14.2 Å². The summed E-state index contributed by atoms with van der Waals surface area (Å²) in [6.45, 7) is 6.81. The van der Waals surface area contributed by atoms with Gasteiger partial charge in [0.15, 0.2) is 0 Å². The topological polar surface area (TPSA) is 127 Å². The molecular formula is C16H28O10P. The van der Waals surface area contributed by atoms with E-state index in [2.05, 4.69) is 6.92 Å². The lowest BCUT2D eigenvalue weighted by Crippen LogP contribution is -2.55. The molecule has 1 atom stereocenters. The molecule has 0 aromatic heterocycles. The highest BCUT2D eigenvalue weighted by Gasteiger charge is 2.81. The van der Waals surface area contributed by atoms with Crippen molar-refractivity contribution in [3.63, 3.8) is 0 Å². The minimum Gasteiger partial charge on any atom is -0.465 e. The summed E-state index contributed by atoms with van der Waals surface area (Å²) < 4.78 is 34.4. The van der Waals surface area contributed by atoms with Crippen LogP contribution < -0.4 is 0 Å². The van der Waals surface area contributed by atoms with Crippen molar-refractivity contribution in [2.24, 2.45) is 5.41 Å². The zero-order chi connectivity index (χ0) is 20.6. The molecule has 1 aliphatic carbocycles. The molecule has 0 heterocycles. The van der Waals surface area contributed by atoms with Crippen LogP contribution in [0.15, 0.2) is 0 Å². The fraction of sp³-hybridized carbons (Fsp3) is 0.812. The van der Waals surface area contributed by atoms with E-state index >= 15 is 0 Å². The first-order valence-corrected chi connectivity index (χ1v) is 10.3. The summed E-state index contributed by atoms with van der Waals surface area (Å²) >= 11 is 0. The Hall–Kier alpha value is -1.03. The first kappa shape index (κ1) is 24.0. The van der Waals surface area contributed by atoms with E-state index < -0.39 is 36.9 Å². The number of carbonyl (C=O) groups excluding carboxylic acids is 2. The Bertz CT molecular complexity index is 537. The normalized spacial score (nSPS) is 17.8. The molecule has 1 fully saturated rings. The van der Waals surface area contributed by atoms with Crippen LogP contribution in [0.5, 0.6) is 0 Å². The Morgan fingerprint density at radius 1 is 1.11 bits per heavy atom. The standard InChI is InChI=1S/C16H28O10P/c1-5-21-13(18)15(9-10-15)16(14(19)22-6-2,26-23-12-11-17)27(20,24-7-3)25-8-4/h17H,1,5-12H2,2-4H3. The van der Waals surface area contributed by atoms with E-state index in [0.29, 0.717) is 0 Å². The van der Waals surface area contributed by atoms with Crippen molar-refractivity contribution in [2.45, 2.75) is 39.0 Å². The fourth-order valence-electron chi connectivity index (χ4n) is 2.72. The van der Waals surface area contributed by atoms with Crippen molar-refractivity contribution in [1.82, 2.24) is 0 Å². The van der Waals surface area contributed by atoms with Crippen LogP contribution in [0.4, 0.5) is 0 Å². The molecule has 27 heavy (non-hydrogen) atoms. The summed E-state index contributed by atoms with van der Waals surface area (Å²) in [4.78, 5) is 35.9. The largest absolute Gasteiger partial charge is 0.465 e. The first-order valence-electron chi connectivity index (χ1n) is 8.80. The molecule has 0 aromatic carbocycles. The van der Waals surface area contributed by atoms with Crippen molar-refractivity contribution in [3.05, 3.63) is 6.92 Å². The van der Waals surface area contributed by atoms with Gasteiger partial charge in [0.2, 0.25) is 0 Å². The van der Waals surface area contributed by atoms with Crippen LogP contribution in [0.1, 0.15) is 33.6 Å². The number of carbonyl (C=O) groups is 2. The van der Waals surface area contributed by atoms with E-state index in [1.54, 1.807) is 13.8 Å². The van der Waals surface area contributed by atoms with Gasteiger partial charge in [-0.1, -0.05) is 0 Å². The lowest BCUT2D eigenvalue weighted by atomic mass is 9.98. The zero-order valence-electron chi connectivity index (χ0n) is 15.9.